The smallest absolute Gasteiger partial charge is 0.289 e. The Balaban J connectivity index is 1.64. The van der Waals surface area contributed by atoms with Crippen LogP contribution in [0.1, 0.15) is 60.2 Å². The number of piperidine rings is 1. The van der Waals surface area contributed by atoms with Crippen molar-refractivity contribution >= 4 is 5.91 Å². The van der Waals surface area contributed by atoms with E-state index >= 15 is 0 Å². The van der Waals surface area contributed by atoms with Gasteiger partial charge in [-0.15, -0.1) is 0 Å². The first-order valence-corrected chi connectivity index (χ1v) is 9.21. The molecule has 3 rings (SSSR count). The minimum Gasteiger partial charge on any atom is -0.456 e. The molecule has 2 aromatic rings. The van der Waals surface area contributed by atoms with E-state index < -0.39 is 0 Å². The Labute approximate surface area is 148 Å². The van der Waals surface area contributed by atoms with E-state index in [0.29, 0.717) is 18.2 Å². The van der Waals surface area contributed by atoms with Gasteiger partial charge in [-0.1, -0.05) is 13.8 Å². The number of rotatable bonds is 6. The second kappa shape index (κ2) is 7.87. The molecule has 0 radical (unpaired) electrons. The van der Waals surface area contributed by atoms with Crippen LogP contribution in [0.5, 0.6) is 0 Å². The molecular formula is C19H27N3O3. The summed E-state index contributed by atoms with van der Waals surface area (Å²) in [5.41, 5.74) is 2.29. The summed E-state index contributed by atoms with van der Waals surface area (Å²) >= 11 is 0. The normalized spacial score (nSPS) is 15.7. The van der Waals surface area contributed by atoms with Gasteiger partial charge in [-0.05, 0) is 37.0 Å². The van der Waals surface area contributed by atoms with Crippen LogP contribution in [0.15, 0.2) is 22.7 Å². The van der Waals surface area contributed by atoms with Crippen molar-refractivity contribution in [3.63, 3.8) is 0 Å². The zero-order chi connectivity index (χ0) is 17.8. The van der Waals surface area contributed by atoms with Gasteiger partial charge in [0.1, 0.15) is 5.76 Å². The van der Waals surface area contributed by atoms with Gasteiger partial charge in [-0.3, -0.25) is 9.48 Å². The number of nitrogens with zero attached hydrogens (tertiary/aromatic N) is 3. The highest BCUT2D eigenvalue weighted by molar-refractivity contribution is 5.91. The lowest BCUT2D eigenvalue weighted by Crippen LogP contribution is -2.38. The molecule has 3 heterocycles. The first-order valence-electron chi connectivity index (χ1n) is 9.21. The maximum absolute atomic E-state index is 12.7. The molecule has 1 amide bonds. The average molecular weight is 345 g/mol. The van der Waals surface area contributed by atoms with Crippen LogP contribution in [0.3, 0.4) is 0 Å². The quantitative estimate of drug-likeness (QED) is 0.873. The topological polar surface area (TPSA) is 71.5 Å². The van der Waals surface area contributed by atoms with Crippen molar-refractivity contribution in [1.82, 2.24) is 14.7 Å². The van der Waals surface area contributed by atoms with E-state index in [2.05, 4.69) is 12.0 Å². The van der Waals surface area contributed by atoms with Crippen molar-refractivity contribution in [2.75, 3.05) is 19.7 Å². The third-order valence-corrected chi connectivity index (χ3v) is 5.07. The SMILES string of the molecule is CCc1cc(C(=O)N2CCC(c3ccnn3CCO)CC2)oc1CC. The molecule has 1 saturated heterocycles. The van der Waals surface area contributed by atoms with Gasteiger partial charge in [0, 0.05) is 37.3 Å². The van der Waals surface area contributed by atoms with Crippen LogP contribution in [0.25, 0.3) is 0 Å². The highest BCUT2D eigenvalue weighted by Crippen LogP contribution is 2.29. The number of hydrogen-bond acceptors (Lipinski definition) is 4. The number of carbonyl (C=O) groups excluding carboxylic acids is 1. The molecule has 1 aliphatic heterocycles. The lowest BCUT2D eigenvalue weighted by molar-refractivity contribution is 0.0677. The molecule has 0 saturated carbocycles. The Bertz CT molecular complexity index is 690. The summed E-state index contributed by atoms with van der Waals surface area (Å²) in [6, 6.07) is 3.93. The van der Waals surface area contributed by atoms with E-state index in [-0.39, 0.29) is 12.5 Å². The van der Waals surface area contributed by atoms with E-state index in [1.165, 1.54) is 0 Å². The van der Waals surface area contributed by atoms with Crippen molar-refractivity contribution in [1.29, 1.82) is 0 Å². The Morgan fingerprint density at radius 3 is 2.68 bits per heavy atom. The minimum atomic E-state index is -0.00304. The number of aliphatic hydroxyl groups is 1. The predicted molar refractivity (Wildman–Crippen MR) is 94.7 cm³/mol. The van der Waals surface area contributed by atoms with Crippen LogP contribution < -0.4 is 0 Å². The molecule has 0 bridgehead atoms. The van der Waals surface area contributed by atoms with E-state index in [0.717, 1.165) is 55.8 Å². The van der Waals surface area contributed by atoms with Crippen LogP contribution in [-0.4, -0.2) is 45.4 Å². The molecule has 6 nitrogen and oxygen atoms in total. The van der Waals surface area contributed by atoms with Gasteiger partial charge >= 0.3 is 0 Å². The molecule has 0 atom stereocenters. The second-order valence-corrected chi connectivity index (χ2v) is 6.54. The van der Waals surface area contributed by atoms with E-state index in [4.69, 9.17) is 9.52 Å². The van der Waals surface area contributed by atoms with Crippen LogP contribution in [0, 0.1) is 0 Å². The van der Waals surface area contributed by atoms with Gasteiger partial charge in [0.05, 0.1) is 13.2 Å². The Kier molecular flexibility index (Phi) is 5.58. The van der Waals surface area contributed by atoms with Gasteiger partial charge in [-0.25, -0.2) is 0 Å². The molecule has 136 valence electrons. The van der Waals surface area contributed by atoms with Gasteiger partial charge < -0.3 is 14.4 Å². The maximum atomic E-state index is 12.7. The second-order valence-electron chi connectivity index (χ2n) is 6.54. The molecule has 0 aromatic carbocycles. The summed E-state index contributed by atoms with van der Waals surface area (Å²) in [6.07, 6.45) is 5.30. The highest BCUT2D eigenvalue weighted by atomic mass is 16.4. The Morgan fingerprint density at radius 1 is 1.32 bits per heavy atom. The van der Waals surface area contributed by atoms with E-state index in [1.807, 2.05) is 28.6 Å². The fourth-order valence-corrected chi connectivity index (χ4v) is 3.68. The molecule has 0 spiro atoms. The van der Waals surface area contributed by atoms with Gasteiger partial charge in [0.25, 0.3) is 5.91 Å². The highest BCUT2D eigenvalue weighted by Gasteiger charge is 2.28. The molecule has 25 heavy (non-hydrogen) atoms. The van der Waals surface area contributed by atoms with Gasteiger partial charge in [0.15, 0.2) is 5.76 Å². The lowest BCUT2D eigenvalue weighted by atomic mass is 9.93. The Morgan fingerprint density at radius 2 is 2.08 bits per heavy atom. The predicted octanol–water partition coefficient (Wildman–Crippen LogP) is 2.61. The molecule has 2 aromatic heterocycles. The summed E-state index contributed by atoms with van der Waals surface area (Å²) in [5, 5.41) is 13.4. The average Bonchev–Trinajstić information content (AvgIpc) is 3.28. The zero-order valence-electron chi connectivity index (χ0n) is 15.1. The van der Waals surface area contributed by atoms with Crippen LogP contribution >= 0.6 is 0 Å². The number of aryl methyl sites for hydroxylation is 2. The lowest BCUT2D eigenvalue weighted by Gasteiger charge is -2.31. The summed E-state index contributed by atoms with van der Waals surface area (Å²) in [5.74, 6) is 1.77. The largest absolute Gasteiger partial charge is 0.456 e. The number of furan rings is 1. The number of aliphatic hydroxyl groups excluding tert-OH is 1. The summed E-state index contributed by atoms with van der Waals surface area (Å²) in [6.45, 7) is 6.18. The van der Waals surface area contributed by atoms with E-state index in [9.17, 15) is 4.79 Å². The summed E-state index contributed by atoms with van der Waals surface area (Å²) < 4.78 is 7.66. The number of carbonyl (C=O) groups is 1. The zero-order valence-corrected chi connectivity index (χ0v) is 15.1. The maximum Gasteiger partial charge on any atom is 0.289 e. The van der Waals surface area contributed by atoms with Crippen LogP contribution in [0.4, 0.5) is 0 Å². The van der Waals surface area contributed by atoms with Crippen molar-refractivity contribution < 1.29 is 14.3 Å². The summed E-state index contributed by atoms with van der Waals surface area (Å²) in [7, 11) is 0. The van der Waals surface area contributed by atoms with Gasteiger partial charge in [0.2, 0.25) is 0 Å². The van der Waals surface area contributed by atoms with E-state index in [1.54, 1.807) is 6.20 Å². The molecule has 0 unspecified atom stereocenters. The van der Waals surface area contributed by atoms with Crippen molar-refractivity contribution in [3.05, 3.63) is 41.1 Å². The summed E-state index contributed by atoms with van der Waals surface area (Å²) in [4.78, 5) is 14.6. The third kappa shape index (κ3) is 3.63. The van der Waals surface area contributed by atoms with Gasteiger partial charge in [-0.2, -0.15) is 5.10 Å². The van der Waals surface area contributed by atoms with Crippen molar-refractivity contribution in [2.24, 2.45) is 0 Å². The standard InChI is InChI=1S/C19H27N3O3/c1-3-14-13-18(25-17(14)4-2)19(24)21-9-6-15(7-10-21)16-5-8-20-22(16)11-12-23/h5,8,13,15,23H,3-4,6-7,9-12H2,1-2H3. The number of likely N-dealkylation sites (tertiary alicyclic amines) is 1. The fourth-order valence-electron chi connectivity index (χ4n) is 3.68. The molecule has 1 aliphatic rings. The Hall–Kier alpha value is -2.08. The molecular weight excluding hydrogens is 318 g/mol. The first kappa shape index (κ1) is 17.7. The minimum absolute atomic E-state index is 0.00304. The number of hydrogen-bond donors (Lipinski definition) is 1. The van der Waals surface area contributed by atoms with Crippen LogP contribution in [0.2, 0.25) is 0 Å². The number of aromatic nitrogens is 2. The third-order valence-electron chi connectivity index (χ3n) is 5.07. The van der Waals surface area contributed by atoms with Crippen LogP contribution in [-0.2, 0) is 19.4 Å². The number of amides is 1. The van der Waals surface area contributed by atoms with Crippen molar-refractivity contribution in [3.8, 4) is 0 Å². The monoisotopic (exact) mass is 345 g/mol. The fraction of sp³-hybridized carbons (Fsp3) is 0.579. The molecule has 1 N–H and O–H groups in total. The first-order chi connectivity index (χ1) is 12.2. The molecule has 1 fully saturated rings. The van der Waals surface area contributed by atoms with Crippen molar-refractivity contribution in [2.45, 2.75) is 52.0 Å². The molecule has 6 heteroatoms. The molecule has 0 aliphatic carbocycles.